The van der Waals surface area contributed by atoms with E-state index < -0.39 is 15.9 Å². The zero-order valence-electron chi connectivity index (χ0n) is 13.5. The van der Waals surface area contributed by atoms with Crippen molar-refractivity contribution in [2.45, 2.75) is 40.2 Å². The summed E-state index contributed by atoms with van der Waals surface area (Å²) >= 11 is 0. The van der Waals surface area contributed by atoms with Gasteiger partial charge >= 0.3 is 0 Å². The molecule has 1 aromatic rings. The van der Waals surface area contributed by atoms with Crippen LogP contribution in [0.4, 0.5) is 5.69 Å². The Labute approximate surface area is 132 Å². The molecule has 0 radical (unpaired) electrons. The summed E-state index contributed by atoms with van der Waals surface area (Å²) in [6, 6.07) is 5.49. The maximum Gasteiger partial charge on any atom is 0.227 e. The van der Waals surface area contributed by atoms with Crippen molar-refractivity contribution in [3.05, 3.63) is 40.8 Å². The summed E-state index contributed by atoms with van der Waals surface area (Å²) in [5.41, 5.74) is 2.89. The first-order valence-corrected chi connectivity index (χ1v) is 9.21. The molecule has 1 amide bonds. The third-order valence-corrected chi connectivity index (χ3v) is 4.96. The van der Waals surface area contributed by atoms with E-state index in [1.165, 1.54) is 5.41 Å². The van der Waals surface area contributed by atoms with Crippen LogP contribution in [0.25, 0.3) is 0 Å². The highest BCUT2D eigenvalue weighted by Gasteiger charge is 2.31. The number of benzene rings is 1. The van der Waals surface area contributed by atoms with Crippen LogP contribution in [0.2, 0.25) is 0 Å². The van der Waals surface area contributed by atoms with Crippen molar-refractivity contribution in [1.29, 1.82) is 0 Å². The van der Waals surface area contributed by atoms with Gasteiger partial charge in [0.25, 0.3) is 0 Å². The van der Waals surface area contributed by atoms with Gasteiger partial charge in [0.15, 0.2) is 9.84 Å². The minimum atomic E-state index is -3.21. The van der Waals surface area contributed by atoms with E-state index in [-0.39, 0.29) is 17.6 Å². The van der Waals surface area contributed by atoms with E-state index in [1.54, 1.807) is 11.0 Å². The van der Waals surface area contributed by atoms with Crippen LogP contribution in [-0.4, -0.2) is 26.1 Å². The number of rotatable bonds is 4. The lowest BCUT2D eigenvalue weighted by molar-refractivity contribution is -0.119. The van der Waals surface area contributed by atoms with E-state index in [4.69, 9.17) is 0 Å². The van der Waals surface area contributed by atoms with Crippen LogP contribution < -0.4 is 4.90 Å². The number of sulfone groups is 1. The number of amides is 1. The molecule has 1 aliphatic heterocycles. The van der Waals surface area contributed by atoms with E-state index in [9.17, 15) is 13.2 Å². The lowest BCUT2D eigenvalue weighted by Crippen LogP contribution is -2.41. The van der Waals surface area contributed by atoms with Crippen LogP contribution in [0.5, 0.6) is 0 Å². The van der Waals surface area contributed by atoms with Crippen LogP contribution in [0.15, 0.2) is 29.7 Å². The normalized spacial score (nSPS) is 19.6. The van der Waals surface area contributed by atoms with Gasteiger partial charge in [-0.3, -0.25) is 4.79 Å². The summed E-state index contributed by atoms with van der Waals surface area (Å²) in [5.74, 6) is 0.152. The van der Waals surface area contributed by atoms with Gasteiger partial charge in [0.1, 0.15) is 0 Å². The summed E-state index contributed by atoms with van der Waals surface area (Å²) < 4.78 is 23.5. The van der Waals surface area contributed by atoms with Crippen molar-refractivity contribution in [3.8, 4) is 0 Å². The number of nitrogens with zero attached hydrogens (tertiary/aromatic N) is 1. The van der Waals surface area contributed by atoms with Crippen molar-refractivity contribution < 1.29 is 13.2 Å². The Morgan fingerprint density at radius 2 is 1.82 bits per heavy atom. The molecule has 1 unspecified atom stereocenters. The van der Waals surface area contributed by atoms with Gasteiger partial charge in [-0.1, -0.05) is 19.9 Å². The number of anilines is 1. The average Bonchev–Trinajstić information content (AvgIpc) is 2.67. The Hall–Kier alpha value is -1.62. The fraction of sp³-hybridized carbons (Fsp3) is 0.471. The predicted molar refractivity (Wildman–Crippen MR) is 89.6 cm³/mol. The molecule has 22 heavy (non-hydrogen) atoms. The van der Waals surface area contributed by atoms with E-state index in [1.807, 2.05) is 45.9 Å². The molecule has 2 rings (SSSR count). The number of aryl methyl sites for hydroxylation is 2. The standard InChI is InChI=1S/C17H23NO3S/c1-12(2)7-17(19)18(15-5-6-22(20,21)11-15)16-9-13(3)8-14(4)10-16/h5-6,8-10,12,15H,7,11H2,1-4H3. The topological polar surface area (TPSA) is 54.5 Å². The van der Waals surface area contributed by atoms with Gasteiger partial charge < -0.3 is 4.90 Å². The van der Waals surface area contributed by atoms with Gasteiger partial charge in [0.05, 0.1) is 11.8 Å². The number of carbonyl (C=O) groups excluding carboxylic acids is 1. The van der Waals surface area contributed by atoms with Crippen LogP contribution in [0.3, 0.4) is 0 Å². The molecular formula is C17H23NO3S. The molecule has 1 heterocycles. The Balaban J connectivity index is 2.41. The van der Waals surface area contributed by atoms with Gasteiger partial charge in [-0.25, -0.2) is 8.42 Å². The second kappa shape index (κ2) is 6.24. The van der Waals surface area contributed by atoms with Crippen LogP contribution in [-0.2, 0) is 14.6 Å². The zero-order valence-corrected chi connectivity index (χ0v) is 14.4. The third kappa shape index (κ3) is 3.97. The predicted octanol–water partition coefficient (Wildman–Crippen LogP) is 2.99. The second-order valence-electron chi connectivity index (χ2n) is 6.43. The first-order valence-electron chi connectivity index (χ1n) is 7.49. The van der Waals surface area contributed by atoms with Gasteiger partial charge in [0, 0.05) is 17.5 Å². The fourth-order valence-electron chi connectivity index (χ4n) is 2.78. The lowest BCUT2D eigenvalue weighted by Gasteiger charge is -2.29. The highest BCUT2D eigenvalue weighted by Crippen LogP contribution is 2.26. The molecule has 0 bridgehead atoms. The molecule has 4 nitrogen and oxygen atoms in total. The van der Waals surface area contributed by atoms with Crippen LogP contribution in [0.1, 0.15) is 31.4 Å². The molecule has 1 aromatic carbocycles. The molecule has 1 aliphatic rings. The summed E-state index contributed by atoms with van der Waals surface area (Å²) in [6.07, 6.45) is 2.02. The molecular weight excluding hydrogens is 298 g/mol. The molecule has 120 valence electrons. The molecule has 0 fully saturated rings. The summed E-state index contributed by atoms with van der Waals surface area (Å²) in [4.78, 5) is 14.3. The van der Waals surface area contributed by atoms with Crippen molar-refractivity contribution in [1.82, 2.24) is 0 Å². The van der Waals surface area contributed by atoms with E-state index in [0.29, 0.717) is 6.42 Å². The summed E-state index contributed by atoms with van der Waals surface area (Å²) in [6.45, 7) is 7.92. The van der Waals surface area contributed by atoms with Crippen molar-refractivity contribution in [3.63, 3.8) is 0 Å². The first kappa shape index (κ1) is 16.7. The van der Waals surface area contributed by atoms with Gasteiger partial charge in [0.2, 0.25) is 5.91 Å². The smallest absolute Gasteiger partial charge is 0.227 e. The van der Waals surface area contributed by atoms with E-state index >= 15 is 0 Å². The van der Waals surface area contributed by atoms with Crippen molar-refractivity contribution >= 4 is 21.4 Å². The molecule has 5 heteroatoms. The molecule has 0 N–H and O–H groups in total. The van der Waals surface area contributed by atoms with Crippen molar-refractivity contribution in [2.24, 2.45) is 5.92 Å². The zero-order chi connectivity index (χ0) is 16.5. The average molecular weight is 321 g/mol. The molecule has 0 aliphatic carbocycles. The molecule has 0 saturated heterocycles. The first-order chi connectivity index (χ1) is 10.2. The van der Waals surface area contributed by atoms with Gasteiger partial charge in [-0.2, -0.15) is 0 Å². The summed E-state index contributed by atoms with van der Waals surface area (Å²) in [5, 5.41) is 1.22. The molecule has 0 spiro atoms. The van der Waals surface area contributed by atoms with Crippen LogP contribution in [0, 0.1) is 19.8 Å². The minimum absolute atomic E-state index is 0.0354. The maximum absolute atomic E-state index is 12.7. The summed E-state index contributed by atoms with van der Waals surface area (Å²) in [7, 11) is -3.21. The maximum atomic E-state index is 12.7. The molecule has 1 atom stereocenters. The Kier molecular flexibility index (Phi) is 4.75. The molecule has 0 saturated carbocycles. The number of hydrogen-bond donors (Lipinski definition) is 0. The van der Waals surface area contributed by atoms with E-state index in [2.05, 4.69) is 0 Å². The highest BCUT2D eigenvalue weighted by atomic mass is 32.2. The SMILES string of the molecule is Cc1cc(C)cc(N(C(=O)CC(C)C)C2C=CS(=O)(=O)C2)c1. The highest BCUT2D eigenvalue weighted by molar-refractivity contribution is 7.94. The second-order valence-corrected chi connectivity index (χ2v) is 8.36. The molecule has 0 aromatic heterocycles. The van der Waals surface area contributed by atoms with Gasteiger partial charge in [-0.15, -0.1) is 0 Å². The van der Waals surface area contributed by atoms with Gasteiger partial charge in [-0.05, 0) is 49.1 Å². The quantitative estimate of drug-likeness (QED) is 0.856. The van der Waals surface area contributed by atoms with E-state index in [0.717, 1.165) is 16.8 Å². The van der Waals surface area contributed by atoms with Crippen LogP contribution >= 0.6 is 0 Å². The number of carbonyl (C=O) groups is 1. The Morgan fingerprint density at radius 1 is 1.23 bits per heavy atom. The third-order valence-electron chi connectivity index (χ3n) is 3.58. The Bertz CT molecular complexity index is 684. The van der Waals surface area contributed by atoms with Crippen molar-refractivity contribution in [2.75, 3.05) is 10.7 Å². The Morgan fingerprint density at radius 3 is 2.27 bits per heavy atom. The lowest BCUT2D eigenvalue weighted by atomic mass is 10.1. The number of hydrogen-bond acceptors (Lipinski definition) is 3. The fourth-order valence-corrected chi connectivity index (χ4v) is 4.05. The minimum Gasteiger partial charge on any atom is -0.304 e. The monoisotopic (exact) mass is 321 g/mol. The largest absolute Gasteiger partial charge is 0.304 e.